The maximum absolute atomic E-state index is 13.8. The summed E-state index contributed by atoms with van der Waals surface area (Å²) in [5.41, 5.74) is 1.01. The van der Waals surface area contributed by atoms with E-state index in [-0.39, 0.29) is 28.8 Å². The minimum Gasteiger partial charge on any atom is -0.439 e. The first-order valence-electron chi connectivity index (χ1n) is 11.6. The number of carbonyl (C=O) groups excluding carboxylic acids is 1. The molecule has 12 heteroatoms. The number of hydrogen-bond donors (Lipinski definition) is 1. The van der Waals surface area contributed by atoms with Crippen molar-refractivity contribution in [1.29, 1.82) is 0 Å². The highest BCUT2D eigenvalue weighted by Crippen LogP contribution is 2.36. The van der Waals surface area contributed by atoms with Crippen molar-refractivity contribution in [2.24, 2.45) is 0 Å². The molecule has 0 atom stereocenters. The highest BCUT2D eigenvalue weighted by Gasteiger charge is 2.34. The van der Waals surface area contributed by atoms with Crippen molar-refractivity contribution in [2.75, 3.05) is 43.1 Å². The van der Waals surface area contributed by atoms with Gasteiger partial charge in [0.05, 0.1) is 18.8 Å². The molecule has 37 heavy (non-hydrogen) atoms. The zero-order valence-corrected chi connectivity index (χ0v) is 20.3. The maximum atomic E-state index is 13.8. The Bertz CT molecular complexity index is 1300. The van der Waals surface area contributed by atoms with Crippen LogP contribution in [-0.2, 0) is 23.9 Å². The Labute approximate surface area is 216 Å². The highest BCUT2D eigenvalue weighted by molar-refractivity contribution is 6.29. The number of urea groups is 1. The van der Waals surface area contributed by atoms with Gasteiger partial charge in [0.2, 0.25) is 5.88 Å². The highest BCUT2D eigenvalue weighted by atomic mass is 35.5. The average molecular weight is 534 g/mol. The van der Waals surface area contributed by atoms with Crippen LogP contribution in [0.25, 0.3) is 0 Å². The van der Waals surface area contributed by atoms with Gasteiger partial charge in [-0.1, -0.05) is 17.7 Å². The van der Waals surface area contributed by atoms with Crippen molar-refractivity contribution in [3.8, 4) is 11.6 Å². The lowest BCUT2D eigenvalue weighted by atomic mass is 10.0. The topological polar surface area (TPSA) is 79.8 Å². The SMILES string of the molecule is O=C(Nc1ccc(CN2CCOCC2)c(C(F)(F)F)c1)N1CCc2cc(Oc3cc(Cl)ncn3)ccc21. The second kappa shape index (κ2) is 10.5. The van der Waals surface area contributed by atoms with Gasteiger partial charge in [0.1, 0.15) is 17.2 Å². The number of nitrogens with zero attached hydrogens (tertiary/aromatic N) is 4. The Morgan fingerprint density at radius 2 is 1.89 bits per heavy atom. The fourth-order valence-electron chi connectivity index (χ4n) is 4.39. The average Bonchev–Trinajstić information content (AvgIpc) is 3.28. The van der Waals surface area contributed by atoms with Crippen molar-refractivity contribution < 1.29 is 27.4 Å². The predicted octanol–water partition coefficient (Wildman–Crippen LogP) is 5.37. The van der Waals surface area contributed by atoms with Crippen molar-refractivity contribution in [3.05, 3.63) is 70.6 Å². The number of anilines is 2. The molecule has 1 aromatic heterocycles. The van der Waals surface area contributed by atoms with Gasteiger partial charge in [-0.3, -0.25) is 9.80 Å². The van der Waals surface area contributed by atoms with Crippen LogP contribution in [0, 0.1) is 0 Å². The third kappa shape index (κ3) is 5.95. The minimum atomic E-state index is -4.55. The quantitative estimate of drug-likeness (QED) is 0.444. The molecule has 2 amide bonds. The van der Waals surface area contributed by atoms with Crippen molar-refractivity contribution >= 4 is 29.0 Å². The maximum Gasteiger partial charge on any atom is 0.416 e. The molecule has 0 aliphatic carbocycles. The van der Waals surface area contributed by atoms with E-state index in [0.717, 1.165) is 11.6 Å². The lowest BCUT2D eigenvalue weighted by Gasteiger charge is -2.28. The molecular weight excluding hydrogens is 511 g/mol. The summed E-state index contributed by atoms with van der Waals surface area (Å²) in [6.45, 7) is 2.68. The molecule has 2 aliphatic heterocycles. The van der Waals surface area contributed by atoms with Gasteiger partial charge >= 0.3 is 12.2 Å². The Hall–Kier alpha value is -3.41. The number of carbonyl (C=O) groups is 1. The van der Waals surface area contributed by atoms with Crippen molar-refractivity contribution in [1.82, 2.24) is 14.9 Å². The number of rotatable bonds is 5. The zero-order chi connectivity index (χ0) is 26.0. The second-order valence-electron chi connectivity index (χ2n) is 8.66. The van der Waals surface area contributed by atoms with Gasteiger partial charge in [-0.15, -0.1) is 0 Å². The van der Waals surface area contributed by atoms with E-state index in [2.05, 4.69) is 15.3 Å². The Morgan fingerprint density at radius 1 is 1.08 bits per heavy atom. The van der Waals surface area contributed by atoms with Crippen LogP contribution in [0.4, 0.5) is 29.3 Å². The molecule has 2 aromatic carbocycles. The number of ether oxygens (including phenoxy) is 2. The molecule has 0 bridgehead atoms. The standard InChI is InChI=1S/C25H23ClF3N5O3/c26-22-13-23(31-15-30-22)37-19-3-4-21-16(11-19)5-6-34(21)24(35)32-18-2-1-17(20(12-18)25(27,28)29)14-33-7-9-36-10-8-33/h1-4,11-13,15H,5-10,14H2,(H,32,35). The van der Waals surface area contributed by atoms with Crippen molar-refractivity contribution in [3.63, 3.8) is 0 Å². The molecular formula is C25H23ClF3N5O3. The molecule has 0 spiro atoms. The molecule has 0 unspecified atom stereocenters. The van der Waals surface area contributed by atoms with Gasteiger partial charge in [-0.2, -0.15) is 13.2 Å². The van der Waals surface area contributed by atoms with Gasteiger partial charge in [-0.25, -0.2) is 14.8 Å². The fraction of sp³-hybridized carbons (Fsp3) is 0.320. The van der Waals surface area contributed by atoms with E-state index in [0.29, 0.717) is 50.7 Å². The summed E-state index contributed by atoms with van der Waals surface area (Å²) in [6, 6.07) is 10.1. The lowest BCUT2D eigenvalue weighted by molar-refractivity contribution is -0.138. The monoisotopic (exact) mass is 533 g/mol. The summed E-state index contributed by atoms with van der Waals surface area (Å²) < 4.78 is 52.5. The van der Waals surface area contributed by atoms with Crippen LogP contribution in [0.5, 0.6) is 11.6 Å². The van der Waals surface area contributed by atoms with Gasteiger partial charge < -0.3 is 14.8 Å². The van der Waals surface area contributed by atoms with E-state index in [9.17, 15) is 18.0 Å². The minimum absolute atomic E-state index is 0.0806. The van der Waals surface area contributed by atoms with Crippen molar-refractivity contribution in [2.45, 2.75) is 19.1 Å². The summed E-state index contributed by atoms with van der Waals surface area (Å²) in [5, 5.41) is 2.87. The molecule has 1 N–H and O–H groups in total. The summed E-state index contributed by atoms with van der Waals surface area (Å²) in [7, 11) is 0. The number of halogens is 4. The predicted molar refractivity (Wildman–Crippen MR) is 131 cm³/mol. The number of hydrogen-bond acceptors (Lipinski definition) is 6. The van der Waals surface area contributed by atoms with E-state index in [4.69, 9.17) is 21.1 Å². The van der Waals surface area contributed by atoms with Crippen LogP contribution < -0.4 is 15.0 Å². The molecule has 194 valence electrons. The van der Waals surface area contributed by atoms with E-state index in [1.807, 2.05) is 4.90 Å². The Morgan fingerprint density at radius 3 is 2.65 bits per heavy atom. The molecule has 1 saturated heterocycles. The number of benzene rings is 2. The number of aromatic nitrogens is 2. The third-order valence-electron chi connectivity index (χ3n) is 6.19. The van der Waals surface area contributed by atoms with Crippen LogP contribution in [0.15, 0.2) is 48.8 Å². The second-order valence-corrected chi connectivity index (χ2v) is 9.05. The number of fused-ring (bicyclic) bond motifs is 1. The van der Waals surface area contributed by atoms with E-state index in [1.165, 1.54) is 29.4 Å². The normalized spacial score (nSPS) is 15.9. The summed E-state index contributed by atoms with van der Waals surface area (Å²) >= 11 is 5.86. The number of amides is 2. The van der Waals surface area contributed by atoms with Gasteiger partial charge in [-0.05, 0) is 47.9 Å². The molecule has 3 aromatic rings. The number of alkyl halides is 3. The fourth-order valence-corrected chi connectivity index (χ4v) is 4.53. The Balaban J connectivity index is 1.29. The van der Waals surface area contributed by atoms with Gasteiger partial charge in [0.15, 0.2) is 0 Å². The first kappa shape index (κ1) is 25.2. The molecule has 8 nitrogen and oxygen atoms in total. The summed E-state index contributed by atoms with van der Waals surface area (Å²) in [4.78, 5) is 24.2. The van der Waals surface area contributed by atoms with E-state index < -0.39 is 17.8 Å². The van der Waals surface area contributed by atoms with Crippen LogP contribution in [0.3, 0.4) is 0 Å². The van der Waals surface area contributed by atoms with Gasteiger partial charge in [0, 0.05) is 43.6 Å². The number of morpholine rings is 1. The zero-order valence-electron chi connectivity index (χ0n) is 19.6. The molecule has 5 rings (SSSR count). The van der Waals surface area contributed by atoms with E-state index >= 15 is 0 Å². The molecule has 3 heterocycles. The molecule has 1 fully saturated rings. The van der Waals surface area contributed by atoms with Crippen LogP contribution in [0.2, 0.25) is 5.15 Å². The van der Waals surface area contributed by atoms with Gasteiger partial charge in [0.25, 0.3) is 0 Å². The molecule has 2 aliphatic rings. The van der Waals surface area contributed by atoms with Crippen LogP contribution >= 0.6 is 11.6 Å². The number of nitrogens with one attached hydrogen (secondary N) is 1. The lowest BCUT2D eigenvalue weighted by Crippen LogP contribution is -2.36. The first-order valence-corrected chi connectivity index (χ1v) is 12.0. The third-order valence-corrected chi connectivity index (χ3v) is 6.39. The summed E-state index contributed by atoms with van der Waals surface area (Å²) in [6.07, 6.45) is -2.69. The van der Waals surface area contributed by atoms with Crippen LogP contribution in [0.1, 0.15) is 16.7 Å². The largest absolute Gasteiger partial charge is 0.439 e. The van der Waals surface area contributed by atoms with Crippen LogP contribution in [-0.4, -0.2) is 53.7 Å². The Kier molecular flexibility index (Phi) is 7.18. The summed E-state index contributed by atoms with van der Waals surface area (Å²) in [5.74, 6) is 0.798. The van der Waals surface area contributed by atoms with E-state index in [1.54, 1.807) is 18.2 Å². The molecule has 0 radical (unpaired) electrons. The smallest absolute Gasteiger partial charge is 0.416 e. The first-order chi connectivity index (χ1) is 17.8. The molecule has 0 saturated carbocycles.